The Bertz CT molecular complexity index is 842. The van der Waals surface area contributed by atoms with Crippen LogP contribution in [0.2, 0.25) is 0 Å². The summed E-state index contributed by atoms with van der Waals surface area (Å²) < 4.78 is 24.8. The van der Waals surface area contributed by atoms with Crippen molar-refractivity contribution in [1.82, 2.24) is 0 Å². The van der Waals surface area contributed by atoms with Crippen LogP contribution >= 0.6 is 0 Å². The fourth-order valence-electron chi connectivity index (χ4n) is 2.37. The smallest absolute Gasteiger partial charge is 0.272 e. The number of hydroxylamine groups is 1. The number of benzene rings is 2. The van der Waals surface area contributed by atoms with Gasteiger partial charge in [-0.25, -0.2) is 9.38 Å². The molecular formula is C16H14FN3O5. The lowest BCUT2D eigenvalue weighted by molar-refractivity contribution is -0.385. The van der Waals surface area contributed by atoms with E-state index >= 15 is 0 Å². The van der Waals surface area contributed by atoms with Crippen LogP contribution < -0.4 is 9.90 Å². The molecule has 3 rings (SSSR count). The van der Waals surface area contributed by atoms with Gasteiger partial charge in [0, 0.05) is 13.2 Å². The summed E-state index contributed by atoms with van der Waals surface area (Å²) in [6, 6.07) is 10.1. The summed E-state index contributed by atoms with van der Waals surface area (Å²) in [6.45, 7) is 0. The minimum atomic E-state index is -0.872. The molecule has 2 aromatic carbocycles. The molecule has 0 spiro atoms. The average Bonchev–Trinajstić information content (AvgIpc) is 2.62. The highest BCUT2D eigenvalue weighted by atomic mass is 19.1. The third kappa shape index (κ3) is 3.09. The molecule has 2 aromatic rings. The number of rotatable bonds is 4. The molecule has 0 bridgehead atoms. The third-order valence-corrected chi connectivity index (χ3v) is 3.53. The number of halogens is 1. The molecule has 0 saturated carbocycles. The van der Waals surface area contributed by atoms with Gasteiger partial charge in [0.05, 0.1) is 23.8 Å². The molecule has 0 radical (unpaired) electrons. The maximum absolute atomic E-state index is 14.2. The number of nitrogens with zero attached hydrogens (tertiary/aromatic N) is 3. The maximum Gasteiger partial charge on any atom is 0.272 e. The molecule has 9 heteroatoms. The van der Waals surface area contributed by atoms with Crippen molar-refractivity contribution in [2.24, 2.45) is 4.99 Å². The number of hydrogen-bond acceptors (Lipinski definition) is 7. The largest absolute Gasteiger partial charge is 0.481 e. The molecule has 0 saturated heterocycles. The van der Waals surface area contributed by atoms with Gasteiger partial charge in [0.2, 0.25) is 12.1 Å². The van der Waals surface area contributed by atoms with Gasteiger partial charge in [-0.1, -0.05) is 12.1 Å². The van der Waals surface area contributed by atoms with Crippen molar-refractivity contribution in [3.05, 3.63) is 58.4 Å². The van der Waals surface area contributed by atoms with E-state index in [0.29, 0.717) is 11.4 Å². The lowest BCUT2D eigenvalue weighted by Crippen LogP contribution is -2.47. The van der Waals surface area contributed by atoms with Crippen molar-refractivity contribution < 1.29 is 23.6 Å². The molecule has 0 aliphatic carbocycles. The first-order valence-corrected chi connectivity index (χ1v) is 7.20. The normalized spacial score (nSPS) is 16.0. The Hall–Kier alpha value is -3.20. The van der Waals surface area contributed by atoms with E-state index in [1.54, 1.807) is 24.3 Å². The van der Waals surface area contributed by atoms with Crippen LogP contribution in [0.5, 0.6) is 5.75 Å². The van der Waals surface area contributed by atoms with E-state index in [-0.39, 0.29) is 17.3 Å². The second-order valence-corrected chi connectivity index (χ2v) is 5.02. The van der Waals surface area contributed by atoms with E-state index in [9.17, 15) is 14.5 Å². The van der Waals surface area contributed by atoms with Crippen LogP contribution in [0.3, 0.4) is 0 Å². The maximum atomic E-state index is 14.2. The van der Waals surface area contributed by atoms with Gasteiger partial charge in [-0.15, -0.1) is 0 Å². The van der Waals surface area contributed by atoms with Gasteiger partial charge in [0.15, 0.2) is 11.6 Å². The van der Waals surface area contributed by atoms with Crippen LogP contribution in [0.4, 0.5) is 21.5 Å². The highest BCUT2D eigenvalue weighted by Gasteiger charge is 2.34. The number of hydrogen-bond donors (Lipinski definition) is 0. The van der Waals surface area contributed by atoms with E-state index in [1.807, 2.05) is 0 Å². The van der Waals surface area contributed by atoms with E-state index < -0.39 is 17.0 Å². The summed E-state index contributed by atoms with van der Waals surface area (Å²) in [5, 5.41) is 12.0. The second-order valence-electron chi connectivity index (χ2n) is 5.02. The van der Waals surface area contributed by atoms with Crippen molar-refractivity contribution in [2.45, 2.75) is 6.23 Å². The average molecular weight is 347 g/mol. The molecule has 1 atom stereocenters. The summed E-state index contributed by atoms with van der Waals surface area (Å²) in [5.41, 5.74) is 0.717. The van der Waals surface area contributed by atoms with Crippen LogP contribution in [0.15, 0.2) is 47.5 Å². The predicted octanol–water partition coefficient (Wildman–Crippen LogP) is 3.20. The molecule has 1 heterocycles. The van der Waals surface area contributed by atoms with Gasteiger partial charge in [0.1, 0.15) is 5.69 Å². The van der Waals surface area contributed by atoms with E-state index in [0.717, 1.165) is 12.1 Å². The van der Waals surface area contributed by atoms with Crippen molar-refractivity contribution in [3.8, 4) is 5.75 Å². The Morgan fingerprint density at radius 1 is 1.24 bits per heavy atom. The zero-order valence-corrected chi connectivity index (χ0v) is 13.4. The molecule has 130 valence electrons. The summed E-state index contributed by atoms with van der Waals surface area (Å²) in [6.07, 6.45) is -0.852. The first-order chi connectivity index (χ1) is 12.0. The molecule has 1 aliphatic heterocycles. The third-order valence-electron chi connectivity index (χ3n) is 3.53. The van der Waals surface area contributed by atoms with Gasteiger partial charge in [-0.2, -0.15) is 5.06 Å². The number of non-ortho nitro benzene ring substituents is 1. The van der Waals surface area contributed by atoms with Gasteiger partial charge < -0.3 is 14.3 Å². The lowest BCUT2D eigenvalue weighted by Gasteiger charge is -2.34. The van der Waals surface area contributed by atoms with Gasteiger partial charge in [0.25, 0.3) is 5.69 Å². The van der Waals surface area contributed by atoms with Crippen molar-refractivity contribution in [3.63, 3.8) is 0 Å². The number of aliphatic imine (C=N–C) groups is 1. The molecule has 0 fully saturated rings. The van der Waals surface area contributed by atoms with Crippen molar-refractivity contribution in [1.29, 1.82) is 0 Å². The van der Waals surface area contributed by atoms with Gasteiger partial charge >= 0.3 is 0 Å². The fraction of sp³-hybridized carbons (Fsp3) is 0.188. The SMILES string of the molecule is COC1=Nc2ccccc2N(Oc2ccc([N+](=O)[O-])cc2F)C1OC. The molecule has 1 unspecified atom stereocenters. The first-order valence-electron chi connectivity index (χ1n) is 7.20. The Balaban J connectivity index is 2.00. The van der Waals surface area contributed by atoms with Crippen molar-refractivity contribution >= 4 is 23.0 Å². The number of nitro groups is 1. The number of ether oxygens (including phenoxy) is 2. The molecule has 25 heavy (non-hydrogen) atoms. The Kier molecular flexibility index (Phi) is 4.48. The van der Waals surface area contributed by atoms with E-state index in [4.69, 9.17) is 14.3 Å². The molecule has 8 nitrogen and oxygen atoms in total. The first kappa shape index (κ1) is 16.7. The molecule has 0 amide bonds. The van der Waals surface area contributed by atoms with Crippen LogP contribution in [-0.2, 0) is 9.47 Å². The number of anilines is 1. The van der Waals surface area contributed by atoms with Gasteiger partial charge in [-0.05, 0) is 18.2 Å². The topological polar surface area (TPSA) is 86.4 Å². The summed E-state index contributed by atoms with van der Waals surface area (Å²) >= 11 is 0. The number of para-hydroxylation sites is 2. The predicted molar refractivity (Wildman–Crippen MR) is 87.5 cm³/mol. The summed E-state index contributed by atoms with van der Waals surface area (Å²) in [4.78, 5) is 20.0. The Labute approximate surface area is 142 Å². The van der Waals surface area contributed by atoms with E-state index in [2.05, 4.69) is 4.99 Å². The molecule has 0 N–H and O–H groups in total. The van der Waals surface area contributed by atoms with Gasteiger partial charge in [-0.3, -0.25) is 10.1 Å². The standard InChI is InChI=1S/C16H14FN3O5/c1-23-15-16(24-2)19(13-6-4-3-5-12(13)18-15)25-14-8-7-10(20(21)22)9-11(14)17/h3-9,16H,1-2H3. The van der Waals surface area contributed by atoms with Crippen LogP contribution in [0.1, 0.15) is 0 Å². The fourth-order valence-corrected chi connectivity index (χ4v) is 2.37. The Morgan fingerprint density at radius 2 is 2.00 bits per heavy atom. The summed E-state index contributed by atoms with van der Waals surface area (Å²) in [7, 11) is 2.86. The molecule has 0 aromatic heterocycles. The lowest BCUT2D eigenvalue weighted by atomic mass is 10.2. The van der Waals surface area contributed by atoms with E-state index in [1.165, 1.54) is 25.3 Å². The highest BCUT2D eigenvalue weighted by molar-refractivity contribution is 5.91. The molecular weight excluding hydrogens is 333 g/mol. The Morgan fingerprint density at radius 3 is 2.64 bits per heavy atom. The zero-order chi connectivity index (χ0) is 18.0. The minimum Gasteiger partial charge on any atom is -0.481 e. The number of nitro benzene ring substituents is 1. The number of methoxy groups -OCH3 is 2. The van der Waals surface area contributed by atoms with Crippen LogP contribution in [0, 0.1) is 15.9 Å². The molecule has 1 aliphatic rings. The second kappa shape index (κ2) is 6.73. The number of fused-ring (bicyclic) bond motifs is 1. The quantitative estimate of drug-likeness (QED) is 0.623. The van der Waals surface area contributed by atoms with Crippen molar-refractivity contribution in [2.75, 3.05) is 19.3 Å². The summed E-state index contributed by atoms with van der Waals surface area (Å²) in [5.74, 6) is -0.841. The minimum absolute atomic E-state index is 0.195. The monoisotopic (exact) mass is 347 g/mol. The van der Waals surface area contributed by atoms with Crippen LogP contribution in [0.25, 0.3) is 0 Å². The zero-order valence-electron chi connectivity index (χ0n) is 13.4. The highest BCUT2D eigenvalue weighted by Crippen LogP contribution is 2.36. The van der Waals surface area contributed by atoms with Crippen LogP contribution in [-0.4, -0.2) is 31.3 Å².